The van der Waals surface area contributed by atoms with Crippen LogP contribution in [0.2, 0.25) is 0 Å². The van der Waals surface area contributed by atoms with Crippen LogP contribution in [-0.2, 0) is 14.3 Å². The summed E-state index contributed by atoms with van der Waals surface area (Å²) in [6, 6.07) is 1.69. The second-order valence-corrected chi connectivity index (χ2v) is 7.67. The van der Waals surface area contributed by atoms with Gasteiger partial charge in [0.1, 0.15) is 5.76 Å². The number of furan rings is 1. The van der Waals surface area contributed by atoms with Crippen molar-refractivity contribution in [3.05, 3.63) is 41.6 Å². The molecule has 0 radical (unpaired) electrons. The second-order valence-electron chi connectivity index (χ2n) is 7.67. The molecule has 1 aromatic rings. The molecule has 0 bridgehead atoms. The van der Waals surface area contributed by atoms with E-state index >= 15 is 0 Å². The molecule has 0 N–H and O–H groups in total. The number of hydrogen-bond donors (Lipinski definition) is 0. The van der Waals surface area contributed by atoms with Crippen LogP contribution in [0.15, 0.2) is 34.7 Å². The minimum atomic E-state index is -0.821. The van der Waals surface area contributed by atoms with Crippen LogP contribution < -0.4 is 0 Å². The summed E-state index contributed by atoms with van der Waals surface area (Å²) >= 11 is 0. The molecule has 0 spiro atoms. The normalized spacial score (nSPS) is 27.4. The van der Waals surface area contributed by atoms with Gasteiger partial charge >= 0.3 is 5.97 Å². The average Bonchev–Trinajstić information content (AvgIpc) is 3.05. The molecule has 25 heavy (non-hydrogen) atoms. The summed E-state index contributed by atoms with van der Waals surface area (Å²) < 4.78 is 10.8. The quantitative estimate of drug-likeness (QED) is 0.614. The van der Waals surface area contributed by atoms with Crippen LogP contribution in [0.3, 0.4) is 0 Å². The highest BCUT2D eigenvalue weighted by Gasteiger charge is 2.58. The number of carbonyl (C=O) groups excluding carboxylic acids is 3. The average molecular weight is 342 g/mol. The van der Waals surface area contributed by atoms with Crippen molar-refractivity contribution in [1.29, 1.82) is 0 Å². The highest BCUT2D eigenvalue weighted by molar-refractivity contribution is 6.09. The Morgan fingerprint density at radius 2 is 1.92 bits per heavy atom. The van der Waals surface area contributed by atoms with E-state index in [1.54, 1.807) is 12.1 Å². The Hall–Kier alpha value is -2.43. The van der Waals surface area contributed by atoms with Crippen LogP contribution in [0.1, 0.15) is 57.2 Å². The fraction of sp³-hybridized carbons (Fsp3) is 0.450. The Morgan fingerprint density at radius 3 is 2.52 bits per heavy atom. The predicted molar refractivity (Wildman–Crippen MR) is 91.5 cm³/mol. The highest BCUT2D eigenvalue weighted by Crippen LogP contribution is 2.61. The van der Waals surface area contributed by atoms with Crippen molar-refractivity contribution in [2.24, 2.45) is 16.7 Å². The van der Waals surface area contributed by atoms with Crippen molar-refractivity contribution < 1.29 is 23.5 Å². The Kier molecular flexibility index (Phi) is 3.86. The van der Waals surface area contributed by atoms with E-state index in [4.69, 9.17) is 9.15 Å². The Labute approximate surface area is 146 Å². The third kappa shape index (κ3) is 2.49. The van der Waals surface area contributed by atoms with Crippen molar-refractivity contribution >= 4 is 23.1 Å². The summed E-state index contributed by atoms with van der Waals surface area (Å²) in [6.07, 6.45) is 5.54. The fourth-order valence-corrected chi connectivity index (χ4v) is 4.40. The molecule has 132 valence electrons. The van der Waals surface area contributed by atoms with Crippen LogP contribution in [0.25, 0.3) is 5.57 Å². The zero-order valence-corrected chi connectivity index (χ0v) is 15.1. The van der Waals surface area contributed by atoms with Gasteiger partial charge in [-0.3, -0.25) is 14.4 Å². The minimum Gasteiger partial charge on any atom is -0.461 e. The van der Waals surface area contributed by atoms with Crippen molar-refractivity contribution in [2.45, 2.75) is 41.0 Å². The number of carbonyl (C=O) groups is 3. The van der Waals surface area contributed by atoms with Crippen molar-refractivity contribution in [3.63, 3.8) is 0 Å². The van der Waals surface area contributed by atoms with Gasteiger partial charge in [-0.15, -0.1) is 0 Å². The van der Waals surface area contributed by atoms with E-state index < -0.39 is 11.4 Å². The lowest BCUT2D eigenvalue weighted by Crippen LogP contribution is -2.44. The lowest BCUT2D eigenvalue weighted by Gasteiger charge is -2.46. The molecular weight excluding hydrogens is 320 g/mol. The van der Waals surface area contributed by atoms with Gasteiger partial charge in [0.05, 0.1) is 11.7 Å². The summed E-state index contributed by atoms with van der Waals surface area (Å²) in [4.78, 5) is 36.4. The third-order valence-electron chi connectivity index (χ3n) is 5.34. The van der Waals surface area contributed by atoms with Crippen LogP contribution in [0.4, 0.5) is 0 Å². The summed E-state index contributed by atoms with van der Waals surface area (Å²) in [6.45, 7) is 8.74. The summed E-state index contributed by atoms with van der Waals surface area (Å²) in [5.41, 5.74) is 0.134. The number of ketones is 2. The van der Waals surface area contributed by atoms with E-state index in [1.807, 2.05) is 26.8 Å². The molecule has 3 rings (SSSR count). The number of Topliss-reactive ketones (excluding diaryl/α,β-unsaturated/α-hetero) is 1. The zero-order valence-electron chi connectivity index (χ0n) is 15.1. The van der Waals surface area contributed by atoms with Gasteiger partial charge in [-0.25, -0.2) is 0 Å². The van der Waals surface area contributed by atoms with E-state index in [1.165, 1.54) is 20.1 Å². The number of rotatable bonds is 3. The molecule has 0 fully saturated rings. The van der Waals surface area contributed by atoms with Crippen molar-refractivity contribution in [2.75, 3.05) is 0 Å². The number of ether oxygens (including phenoxy) is 1. The van der Waals surface area contributed by atoms with E-state index in [0.29, 0.717) is 23.3 Å². The Balaban J connectivity index is 2.22. The first-order valence-corrected chi connectivity index (χ1v) is 8.33. The maximum absolute atomic E-state index is 12.9. The molecule has 0 saturated carbocycles. The lowest BCUT2D eigenvalue weighted by atomic mass is 9.57. The molecule has 2 aliphatic rings. The van der Waals surface area contributed by atoms with Gasteiger partial charge in [0.15, 0.2) is 17.3 Å². The third-order valence-corrected chi connectivity index (χ3v) is 5.34. The molecule has 5 heteroatoms. The minimum absolute atomic E-state index is 0.0176. The first kappa shape index (κ1) is 17.4. The van der Waals surface area contributed by atoms with Gasteiger partial charge < -0.3 is 9.15 Å². The van der Waals surface area contributed by atoms with Gasteiger partial charge in [-0.05, 0) is 42.6 Å². The van der Waals surface area contributed by atoms with Crippen LogP contribution >= 0.6 is 0 Å². The van der Waals surface area contributed by atoms with Gasteiger partial charge in [-0.1, -0.05) is 13.8 Å². The number of esters is 1. The molecule has 5 nitrogen and oxygen atoms in total. The van der Waals surface area contributed by atoms with Crippen LogP contribution in [0.5, 0.6) is 0 Å². The number of fused-ring (bicyclic) bond motifs is 1. The lowest BCUT2D eigenvalue weighted by molar-refractivity contribution is -0.141. The van der Waals surface area contributed by atoms with E-state index in [9.17, 15) is 14.4 Å². The number of hydrogen-bond acceptors (Lipinski definition) is 5. The summed E-state index contributed by atoms with van der Waals surface area (Å²) in [7, 11) is 0. The largest absolute Gasteiger partial charge is 0.461 e. The molecule has 2 atom stereocenters. The fourth-order valence-electron chi connectivity index (χ4n) is 4.40. The molecule has 2 aliphatic carbocycles. The molecule has 1 aromatic heterocycles. The Bertz CT molecular complexity index is 836. The van der Waals surface area contributed by atoms with Crippen LogP contribution in [0, 0.1) is 16.7 Å². The first-order chi connectivity index (χ1) is 11.6. The van der Waals surface area contributed by atoms with Crippen molar-refractivity contribution in [3.8, 4) is 0 Å². The molecule has 0 aromatic carbocycles. The monoisotopic (exact) mass is 342 g/mol. The first-order valence-electron chi connectivity index (χ1n) is 8.33. The molecule has 0 unspecified atom stereocenters. The predicted octanol–water partition coefficient (Wildman–Crippen LogP) is 3.95. The smallest absolute Gasteiger partial charge is 0.307 e. The van der Waals surface area contributed by atoms with Gasteiger partial charge in [-0.2, -0.15) is 0 Å². The van der Waals surface area contributed by atoms with Crippen molar-refractivity contribution in [1.82, 2.24) is 0 Å². The van der Waals surface area contributed by atoms with Gasteiger partial charge in [0.2, 0.25) is 0 Å². The SMILES string of the molecule is CC(=O)OC1=CCC(C)(C)[C@@H]2C(=O)C=C(c3ccoc3C(C)=O)[C@]12C. The maximum Gasteiger partial charge on any atom is 0.307 e. The maximum atomic E-state index is 12.9. The van der Waals surface area contributed by atoms with E-state index in [2.05, 4.69) is 0 Å². The molecule has 1 heterocycles. The van der Waals surface area contributed by atoms with Gasteiger partial charge in [0, 0.05) is 25.3 Å². The Morgan fingerprint density at radius 1 is 1.24 bits per heavy atom. The second kappa shape index (κ2) is 5.55. The molecule has 0 amide bonds. The molecular formula is C20H22O5. The standard InChI is InChI=1S/C20H22O5/c1-11(21)17-13(7-9-24-17)14-10-15(23)18-19(3,4)8-6-16(20(14,18)5)25-12(2)22/h6-7,9-10,18H,8H2,1-5H3/t18-,20+/m0/s1. The highest BCUT2D eigenvalue weighted by atomic mass is 16.5. The molecule has 0 saturated heterocycles. The van der Waals surface area contributed by atoms with Crippen LogP contribution in [-0.4, -0.2) is 17.5 Å². The van der Waals surface area contributed by atoms with Gasteiger partial charge in [0.25, 0.3) is 0 Å². The number of allylic oxidation sites excluding steroid dienone is 3. The zero-order chi connectivity index (χ0) is 18.6. The topological polar surface area (TPSA) is 73.6 Å². The van der Waals surface area contributed by atoms with E-state index in [-0.39, 0.29) is 28.7 Å². The molecule has 0 aliphatic heterocycles. The summed E-state index contributed by atoms with van der Waals surface area (Å²) in [5, 5.41) is 0. The van der Waals surface area contributed by atoms with E-state index in [0.717, 1.165) is 0 Å². The summed E-state index contributed by atoms with van der Waals surface area (Å²) in [5.74, 6) is -0.347.